The number of halogens is 3. The average molecular weight is 438 g/mol. The average Bonchev–Trinajstić information content (AvgIpc) is 3.39. The number of rotatable bonds is 9. The second kappa shape index (κ2) is 10.2. The van der Waals surface area contributed by atoms with Gasteiger partial charge >= 0.3 is 6.18 Å². The summed E-state index contributed by atoms with van der Waals surface area (Å²) in [5.41, 5.74) is 5.52. The van der Waals surface area contributed by atoms with E-state index in [-0.39, 0.29) is 29.3 Å². The van der Waals surface area contributed by atoms with Crippen molar-refractivity contribution in [3.05, 3.63) is 35.2 Å². The fraction of sp³-hybridized carbons (Fsp3) is 0.591. The van der Waals surface area contributed by atoms with E-state index in [2.05, 4.69) is 17.1 Å². The van der Waals surface area contributed by atoms with Crippen LogP contribution in [0.15, 0.2) is 22.7 Å². The number of nitrogens with two attached hydrogens (primary N) is 1. The molecule has 9 heteroatoms. The molecule has 1 aromatic carbocycles. The SMILES string of the molecule is CCCCCCCCc1ccc(-c2noc(C3CCCN3C(=N)N)n2)cc1C(F)(F)F. The van der Waals surface area contributed by atoms with Gasteiger partial charge in [-0.15, -0.1) is 0 Å². The third-order valence-electron chi connectivity index (χ3n) is 5.76. The minimum atomic E-state index is -4.45. The van der Waals surface area contributed by atoms with Gasteiger partial charge in [0, 0.05) is 12.1 Å². The van der Waals surface area contributed by atoms with E-state index >= 15 is 0 Å². The summed E-state index contributed by atoms with van der Waals surface area (Å²) in [5, 5.41) is 11.5. The first kappa shape index (κ1) is 23.1. The summed E-state index contributed by atoms with van der Waals surface area (Å²) in [5.74, 6) is 0.301. The Hall–Kier alpha value is -2.58. The lowest BCUT2D eigenvalue weighted by molar-refractivity contribution is -0.138. The zero-order valence-electron chi connectivity index (χ0n) is 17.8. The Labute approximate surface area is 180 Å². The lowest BCUT2D eigenvalue weighted by Crippen LogP contribution is -2.35. The molecule has 1 saturated heterocycles. The fourth-order valence-corrected chi connectivity index (χ4v) is 4.09. The van der Waals surface area contributed by atoms with Gasteiger partial charge in [-0.25, -0.2) is 0 Å². The first-order chi connectivity index (χ1) is 14.8. The van der Waals surface area contributed by atoms with Crippen LogP contribution in [-0.2, 0) is 12.6 Å². The molecule has 2 heterocycles. The van der Waals surface area contributed by atoms with Crippen LogP contribution < -0.4 is 5.73 Å². The molecule has 170 valence electrons. The van der Waals surface area contributed by atoms with Crippen molar-refractivity contribution >= 4 is 5.96 Å². The molecule has 1 unspecified atom stereocenters. The Kier molecular flexibility index (Phi) is 7.56. The Morgan fingerprint density at radius 2 is 1.97 bits per heavy atom. The standard InChI is InChI=1S/C22H30F3N5O/c1-2-3-4-5-6-7-9-15-11-12-16(14-17(15)22(23,24)25)19-28-20(31-29-19)18-10-8-13-30(18)21(26)27/h11-12,14,18H,2-10,13H2,1H3,(H3,26,27). The van der Waals surface area contributed by atoms with Crippen molar-refractivity contribution in [3.63, 3.8) is 0 Å². The van der Waals surface area contributed by atoms with Crippen LogP contribution in [0.25, 0.3) is 11.4 Å². The Bertz CT molecular complexity index is 880. The van der Waals surface area contributed by atoms with E-state index in [9.17, 15) is 13.2 Å². The summed E-state index contributed by atoms with van der Waals surface area (Å²) < 4.78 is 46.4. The predicted molar refractivity (Wildman–Crippen MR) is 112 cm³/mol. The van der Waals surface area contributed by atoms with E-state index in [1.54, 1.807) is 11.0 Å². The number of aryl methyl sites for hydroxylation is 1. The van der Waals surface area contributed by atoms with E-state index in [0.717, 1.165) is 44.6 Å². The number of nitrogens with zero attached hydrogens (tertiary/aromatic N) is 3. The smallest absolute Gasteiger partial charge is 0.370 e. The normalized spacial score (nSPS) is 16.8. The van der Waals surface area contributed by atoms with Gasteiger partial charge < -0.3 is 15.2 Å². The molecule has 3 N–H and O–H groups in total. The van der Waals surface area contributed by atoms with Crippen LogP contribution in [0.1, 0.15) is 81.3 Å². The molecule has 1 aromatic heterocycles. The minimum Gasteiger partial charge on any atom is -0.370 e. The van der Waals surface area contributed by atoms with E-state index in [1.807, 2.05) is 0 Å². The maximum atomic E-state index is 13.7. The molecular formula is C22H30F3N5O. The lowest BCUT2D eigenvalue weighted by atomic mass is 9.97. The number of alkyl halides is 3. The maximum Gasteiger partial charge on any atom is 0.416 e. The summed E-state index contributed by atoms with van der Waals surface area (Å²) >= 11 is 0. The van der Waals surface area contributed by atoms with Crippen LogP contribution in [0.4, 0.5) is 13.2 Å². The number of guanidine groups is 1. The van der Waals surface area contributed by atoms with Crippen LogP contribution in [0.3, 0.4) is 0 Å². The highest BCUT2D eigenvalue weighted by molar-refractivity contribution is 5.75. The second-order valence-electron chi connectivity index (χ2n) is 8.08. The van der Waals surface area contributed by atoms with Gasteiger partial charge in [0.25, 0.3) is 0 Å². The Balaban J connectivity index is 1.75. The van der Waals surface area contributed by atoms with E-state index < -0.39 is 11.7 Å². The molecule has 1 fully saturated rings. The van der Waals surface area contributed by atoms with Crippen molar-refractivity contribution in [2.24, 2.45) is 5.73 Å². The molecule has 3 rings (SSSR count). The molecule has 0 bridgehead atoms. The van der Waals surface area contributed by atoms with Crippen molar-refractivity contribution < 1.29 is 17.7 Å². The van der Waals surface area contributed by atoms with E-state index in [4.69, 9.17) is 15.7 Å². The largest absolute Gasteiger partial charge is 0.416 e. The topological polar surface area (TPSA) is 92.0 Å². The first-order valence-electron chi connectivity index (χ1n) is 11.0. The second-order valence-corrected chi connectivity index (χ2v) is 8.08. The molecule has 31 heavy (non-hydrogen) atoms. The summed E-state index contributed by atoms with van der Waals surface area (Å²) in [6.45, 7) is 2.75. The van der Waals surface area contributed by atoms with Crippen LogP contribution in [0.5, 0.6) is 0 Å². The van der Waals surface area contributed by atoms with Crippen LogP contribution in [0, 0.1) is 5.41 Å². The molecular weight excluding hydrogens is 407 g/mol. The third kappa shape index (κ3) is 5.77. The fourth-order valence-electron chi connectivity index (χ4n) is 4.09. The van der Waals surface area contributed by atoms with Crippen molar-refractivity contribution in [1.82, 2.24) is 15.0 Å². The number of benzene rings is 1. The zero-order valence-corrected chi connectivity index (χ0v) is 17.8. The highest BCUT2D eigenvalue weighted by atomic mass is 19.4. The van der Waals surface area contributed by atoms with Gasteiger partial charge in [0.1, 0.15) is 6.04 Å². The number of unbranched alkanes of at least 4 members (excludes halogenated alkanes) is 5. The summed E-state index contributed by atoms with van der Waals surface area (Å²) in [7, 11) is 0. The van der Waals surface area contributed by atoms with Gasteiger partial charge in [-0.3, -0.25) is 5.41 Å². The van der Waals surface area contributed by atoms with E-state index in [1.165, 1.54) is 12.5 Å². The molecule has 0 radical (unpaired) electrons. The number of nitrogens with one attached hydrogen (secondary N) is 1. The molecule has 1 aliphatic rings. The van der Waals surface area contributed by atoms with Gasteiger partial charge in [0.05, 0.1) is 5.56 Å². The third-order valence-corrected chi connectivity index (χ3v) is 5.76. The highest BCUT2D eigenvalue weighted by Crippen LogP contribution is 2.36. The quantitative estimate of drug-likeness (QED) is 0.299. The minimum absolute atomic E-state index is 0.0827. The molecule has 6 nitrogen and oxygen atoms in total. The molecule has 0 saturated carbocycles. The number of hydrogen-bond donors (Lipinski definition) is 2. The van der Waals surface area contributed by atoms with Gasteiger partial charge in [0.15, 0.2) is 5.96 Å². The highest BCUT2D eigenvalue weighted by Gasteiger charge is 2.35. The Morgan fingerprint density at radius 3 is 2.68 bits per heavy atom. The van der Waals surface area contributed by atoms with Crippen molar-refractivity contribution in [2.75, 3.05) is 6.54 Å². The molecule has 1 atom stereocenters. The summed E-state index contributed by atoms with van der Waals surface area (Å²) in [6.07, 6.45) is 3.64. The molecule has 0 amide bonds. The van der Waals surface area contributed by atoms with E-state index in [0.29, 0.717) is 24.9 Å². The van der Waals surface area contributed by atoms with Gasteiger partial charge in [0.2, 0.25) is 11.7 Å². The van der Waals surface area contributed by atoms with Crippen molar-refractivity contribution in [3.8, 4) is 11.4 Å². The first-order valence-corrected chi connectivity index (χ1v) is 11.0. The molecule has 0 spiro atoms. The zero-order chi connectivity index (χ0) is 22.4. The van der Waals surface area contributed by atoms with Crippen molar-refractivity contribution in [1.29, 1.82) is 5.41 Å². The monoisotopic (exact) mass is 437 g/mol. The van der Waals surface area contributed by atoms with Gasteiger partial charge in [-0.05, 0) is 37.3 Å². The number of aromatic nitrogens is 2. The lowest BCUT2D eigenvalue weighted by Gasteiger charge is -2.21. The Morgan fingerprint density at radius 1 is 1.23 bits per heavy atom. The molecule has 1 aliphatic heterocycles. The maximum absolute atomic E-state index is 13.7. The molecule has 2 aromatic rings. The summed E-state index contributed by atoms with van der Waals surface area (Å²) in [6, 6.07) is 3.94. The number of hydrogen-bond acceptors (Lipinski definition) is 4. The summed E-state index contributed by atoms with van der Waals surface area (Å²) in [4.78, 5) is 5.97. The van der Waals surface area contributed by atoms with Crippen LogP contribution in [-0.4, -0.2) is 27.5 Å². The number of likely N-dealkylation sites (tertiary alicyclic amines) is 1. The van der Waals surface area contributed by atoms with Crippen LogP contribution in [0.2, 0.25) is 0 Å². The van der Waals surface area contributed by atoms with Gasteiger partial charge in [-0.1, -0.05) is 56.3 Å². The molecule has 0 aliphatic carbocycles. The van der Waals surface area contributed by atoms with Gasteiger partial charge in [-0.2, -0.15) is 18.2 Å². The van der Waals surface area contributed by atoms with Crippen LogP contribution >= 0.6 is 0 Å². The predicted octanol–water partition coefficient (Wildman–Crippen LogP) is 5.69. The van der Waals surface area contributed by atoms with Crippen molar-refractivity contribution in [2.45, 2.75) is 76.9 Å².